The first kappa shape index (κ1) is 20.7. The fourth-order valence-corrected chi connectivity index (χ4v) is 3.94. The van der Waals surface area contributed by atoms with Gasteiger partial charge < -0.3 is 14.8 Å². The van der Waals surface area contributed by atoms with Crippen LogP contribution in [0.25, 0.3) is 0 Å². The molecule has 6 heteroatoms. The maximum absolute atomic E-state index is 13.5. The fourth-order valence-electron chi connectivity index (χ4n) is 3.94. The van der Waals surface area contributed by atoms with E-state index in [1.165, 1.54) is 0 Å². The first-order valence-corrected chi connectivity index (χ1v) is 9.90. The Balaban J connectivity index is 2.08. The SMILES string of the molecule is CCOC(=O)[C@@H]1C(=O)[C@H](C(=O)OCC)[C@H](c2ccccc2)[NH2+][C@@H]1c1ccccc1. The smallest absolute Gasteiger partial charge is 0.323 e. The van der Waals surface area contributed by atoms with Gasteiger partial charge in [0.1, 0.15) is 12.1 Å². The van der Waals surface area contributed by atoms with Crippen molar-refractivity contribution in [2.24, 2.45) is 11.8 Å². The van der Waals surface area contributed by atoms with Crippen LogP contribution in [0, 0.1) is 11.8 Å². The number of esters is 2. The van der Waals surface area contributed by atoms with Crippen molar-refractivity contribution in [3.05, 3.63) is 71.8 Å². The molecule has 0 amide bonds. The van der Waals surface area contributed by atoms with Gasteiger partial charge >= 0.3 is 11.9 Å². The average Bonchev–Trinajstić information content (AvgIpc) is 2.74. The number of nitrogens with two attached hydrogens (primary N) is 1. The third-order valence-electron chi connectivity index (χ3n) is 5.20. The fraction of sp³-hybridized carbons (Fsp3) is 0.348. The molecule has 0 spiro atoms. The number of hydrogen-bond donors (Lipinski definition) is 1. The number of Topliss-reactive ketones (excluding diaryl/α,β-unsaturated/α-hetero) is 1. The number of carbonyl (C=O) groups is 3. The summed E-state index contributed by atoms with van der Waals surface area (Å²) < 4.78 is 10.4. The summed E-state index contributed by atoms with van der Waals surface area (Å²) in [5.41, 5.74) is 1.67. The van der Waals surface area contributed by atoms with Gasteiger partial charge in [0.2, 0.25) is 0 Å². The standard InChI is InChI=1S/C23H25NO5/c1-3-28-22(26)17-19(15-11-7-5-8-12-15)24-20(16-13-9-6-10-14-16)18(21(17)25)23(27)29-4-2/h5-14,17-20,24H,3-4H2,1-2H3/p+1/t17-,18+,19+,20-. The summed E-state index contributed by atoms with van der Waals surface area (Å²) in [6.07, 6.45) is 0. The molecule has 2 aromatic rings. The molecule has 152 valence electrons. The van der Waals surface area contributed by atoms with Gasteiger partial charge in [-0.1, -0.05) is 60.7 Å². The van der Waals surface area contributed by atoms with Crippen molar-refractivity contribution in [2.45, 2.75) is 25.9 Å². The Morgan fingerprint density at radius 2 is 1.14 bits per heavy atom. The molecule has 1 saturated heterocycles. The Labute approximate surface area is 170 Å². The van der Waals surface area contributed by atoms with Crippen molar-refractivity contribution >= 4 is 17.7 Å². The predicted octanol–water partition coefficient (Wildman–Crippen LogP) is 1.97. The molecule has 6 nitrogen and oxygen atoms in total. The Morgan fingerprint density at radius 3 is 1.48 bits per heavy atom. The molecule has 2 N–H and O–H groups in total. The van der Waals surface area contributed by atoms with Gasteiger partial charge in [0.05, 0.1) is 13.2 Å². The molecular formula is C23H26NO5+. The van der Waals surface area contributed by atoms with Crippen LogP contribution in [-0.2, 0) is 23.9 Å². The van der Waals surface area contributed by atoms with E-state index in [4.69, 9.17) is 9.47 Å². The van der Waals surface area contributed by atoms with Gasteiger partial charge in [-0.3, -0.25) is 14.4 Å². The Morgan fingerprint density at radius 1 is 0.759 bits per heavy atom. The molecule has 1 aliphatic heterocycles. The van der Waals surface area contributed by atoms with Crippen LogP contribution < -0.4 is 5.32 Å². The minimum absolute atomic E-state index is 0.163. The second-order valence-corrected chi connectivity index (χ2v) is 6.93. The van der Waals surface area contributed by atoms with Crippen LogP contribution in [0.2, 0.25) is 0 Å². The van der Waals surface area contributed by atoms with E-state index in [1.807, 2.05) is 66.0 Å². The molecule has 3 rings (SSSR count). The topological polar surface area (TPSA) is 86.3 Å². The van der Waals surface area contributed by atoms with E-state index in [0.29, 0.717) is 0 Å². The van der Waals surface area contributed by atoms with E-state index in [0.717, 1.165) is 11.1 Å². The van der Waals surface area contributed by atoms with Gasteiger partial charge in [0.25, 0.3) is 0 Å². The zero-order chi connectivity index (χ0) is 20.8. The number of hydrogen-bond acceptors (Lipinski definition) is 5. The van der Waals surface area contributed by atoms with Crippen LogP contribution in [-0.4, -0.2) is 30.9 Å². The second kappa shape index (κ2) is 9.47. The lowest BCUT2D eigenvalue weighted by Crippen LogP contribution is -2.93. The molecule has 0 aromatic heterocycles. The molecule has 1 heterocycles. The maximum Gasteiger partial charge on any atom is 0.323 e. The summed E-state index contributed by atoms with van der Waals surface area (Å²) in [6, 6.07) is 17.8. The number of carbonyl (C=O) groups excluding carboxylic acids is 3. The molecule has 0 unspecified atom stereocenters. The number of benzene rings is 2. The highest BCUT2D eigenvalue weighted by Crippen LogP contribution is 2.34. The van der Waals surface area contributed by atoms with Crippen LogP contribution in [0.15, 0.2) is 60.7 Å². The van der Waals surface area contributed by atoms with Gasteiger partial charge in [-0.2, -0.15) is 0 Å². The van der Waals surface area contributed by atoms with Crippen LogP contribution >= 0.6 is 0 Å². The Bertz CT molecular complexity index is 783. The second-order valence-electron chi connectivity index (χ2n) is 6.93. The summed E-state index contributed by atoms with van der Waals surface area (Å²) in [5, 5.41) is 1.93. The van der Waals surface area contributed by atoms with Gasteiger partial charge in [-0.05, 0) is 13.8 Å². The summed E-state index contributed by atoms with van der Waals surface area (Å²) in [5.74, 6) is -3.82. The largest absolute Gasteiger partial charge is 0.465 e. The van der Waals surface area contributed by atoms with Crippen LogP contribution in [0.4, 0.5) is 0 Å². The lowest BCUT2D eigenvalue weighted by Gasteiger charge is -2.36. The van der Waals surface area contributed by atoms with Crippen molar-refractivity contribution in [3.63, 3.8) is 0 Å². The van der Waals surface area contributed by atoms with Gasteiger partial charge in [-0.25, -0.2) is 0 Å². The van der Waals surface area contributed by atoms with E-state index in [-0.39, 0.29) is 13.2 Å². The van der Waals surface area contributed by atoms with Crippen LogP contribution in [0.3, 0.4) is 0 Å². The number of quaternary nitrogens is 1. The quantitative estimate of drug-likeness (QED) is 0.596. The zero-order valence-corrected chi connectivity index (χ0v) is 16.6. The third-order valence-corrected chi connectivity index (χ3v) is 5.20. The number of ether oxygens (including phenoxy) is 2. The lowest BCUT2D eigenvalue weighted by atomic mass is 9.74. The van der Waals surface area contributed by atoms with Crippen molar-refractivity contribution in [3.8, 4) is 0 Å². The first-order valence-electron chi connectivity index (χ1n) is 9.90. The lowest BCUT2D eigenvalue weighted by molar-refractivity contribution is -0.745. The highest BCUT2D eigenvalue weighted by atomic mass is 16.5. The molecule has 0 aliphatic carbocycles. The van der Waals surface area contributed by atoms with Crippen LogP contribution in [0.5, 0.6) is 0 Å². The van der Waals surface area contributed by atoms with Crippen molar-refractivity contribution in [1.82, 2.24) is 0 Å². The van der Waals surface area contributed by atoms with E-state index in [9.17, 15) is 14.4 Å². The van der Waals surface area contributed by atoms with Crippen molar-refractivity contribution in [2.75, 3.05) is 13.2 Å². The molecule has 4 atom stereocenters. The highest BCUT2D eigenvalue weighted by Gasteiger charge is 2.55. The van der Waals surface area contributed by atoms with E-state index < -0.39 is 41.6 Å². The first-order chi connectivity index (χ1) is 14.1. The molecule has 29 heavy (non-hydrogen) atoms. The minimum atomic E-state index is -1.08. The normalized spacial score (nSPS) is 24.0. The summed E-state index contributed by atoms with van der Waals surface area (Å²) in [4.78, 5) is 39.0. The number of rotatable bonds is 6. The zero-order valence-electron chi connectivity index (χ0n) is 16.6. The Hall–Kier alpha value is -2.99. The summed E-state index contributed by atoms with van der Waals surface area (Å²) in [7, 11) is 0. The van der Waals surface area contributed by atoms with Gasteiger partial charge in [0.15, 0.2) is 17.6 Å². The third kappa shape index (κ3) is 4.38. The maximum atomic E-state index is 13.5. The molecule has 0 radical (unpaired) electrons. The molecule has 1 fully saturated rings. The minimum Gasteiger partial charge on any atom is -0.465 e. The van der Waals surface area contributed by atoms with Gasteiger partial charge in [-0.15, -0.1) is 0 Å². The Kier molecular flexibility index (Phi) is 6.77. The summed E-state index contributed by atoms with van der Waals surface area (Å²) in [6.45, 7) is 3.72. The number of piperidine rings is 1. The van der Waals surface area contributed by atoms with E-state index in [1.54, 1.807) is 13.8 Å². The average molecular weight is 396 g/mol. The van der Waals surface area contributed by atoms with Gasteiger partial charge in [0, 0.05) is 11.1 Å². The van der Waals surface area contributed by atoms with Crippen molar-refractivity contribution in [1.29, 1.82) is 0 Å². The predicted molar refractivity (Wildman–Crippen MR) is 106 cm³/mol. The molecule has 2 aromatic carbocycles. The highest BCUT2D eigenvalue weighted by molar-refractivity contribution is 6.09. The number of ketones is 1. The molecule has 1 aliphatic rings. The molecule has 0 saturated carbocycles. The molecule has 0 bridgehead atoms. The van der Waals surface area contributed by atoms with E-state index >= 15 is 0 Å². The molecular weight excluding hydrogens is 370 g/mol. The van der Waals surface area contributed by atoms with Crippen LogP contribution in [0.1, 0.15) is 37.1 Å². The monoisotopic (exact) mass is 396 g/mol. The van der Waals surface area contributed by atoms with E-state index in [2.05, 4.69) is 0 Å². The van der Waals surface area contributed by atoms with Crippen molar-refractivity contribution < 1.29 is 29.2 Å². The summed E-state index contributed by atoms with van der Waals surface area (Å²) >= 11 is 0.